The van der Waals surface area contributed by atoms with Gasteiger partial charge in [-0.1, -0.05) is 0 Å². The maximum atomic E-state index is 5.81. The van der Waals surface area contributed by atoms with Gasteiger partial charge in [0.15, 0.2) is 0 Å². The predicted molar refractivity (Wildman–Crippen MR) is 71.9 cm³/mol. The van der Waals surface area contributed by atoms with Gasteiger partial charge in [0, 0.05) is 13.1 Å². The maximum absolute atomic E-state index is 5.81. The summed E-state index contributed by atoms with van der Waals surface area (Å²) in [6, 6.07) is 2.47. The van der Waals surface area contributed by atoms with Crippen LogP contribution in [0, 0.1) is 0 Å². The monoisotopic (exact) mass is 263 g/mol. The summed E-state index contributed by atoms with van der Waals surface area (Å²) >= 11 is 1.73. The van der Waals surface area contributed by atoms with Crippen LogP contribution >= 0.6 is 11.3 Å². The van der Waals surface area contributed by atoms with Crippen molar-refractivity contribution in [3.8, 4) is 0 Å². The summed E-state index contributed by atoms with van der Waals surface area (Å²) in [5, 5.41) is 7.66. The van der Waals surface area contributed by atoms with E-state index in [0.717, 1.165) is 25.4 Å². The Morgan fingerprint density at radius 2 is 2.56 bits per heavy atom. The lowest BCUT2D eigenvalue weighted by atomic mass is 10.1. The van der Waals surface area contributed by atoms with Crippen molar-refractivity contribution in [2.45, 2.75) is 19.1 Å². The van der Waals surface area contributed by atoms with Crippen LogP contribution < -0.4 is 5.32 Å². The van der Waals surface area contributed by atoms with E-state index in [1.807, 2.05) is 12.5 Å². The first-order chi connectivity index (χ1) is 8.86. The van der Waals surface area contributed by atoms with Crippen molar-refractivity contribution in [1.29, 1.82) is 0 Å². The SMILES string of the molecule is CC(c1ccsc1)n1cncc1C1CNCCO1. The Hall–Kier alpha value is -1.17. The Bertz CT molecular complexity index is 488. The third kappa shape index (κ3) is 2.21. The fraction of sp³-hybridized carbons (Fsp3) is 0.462. The molecule has 1 N–H and O–H groups in total. The van der Waals surface area contributed by atoms with Gasteiger partial charge in [-0.15, -0.1) is 0 Å². The normalized spacial score (nSPS) is 21.9. The Balaban J connectivity index is 1.86. The van der Waals surface area contributed by atoms with Crippen molar-refractivity contribution >= 4 is 11.3 Å². The van der Waals surface area contributed by atoms with Gasteiger partial charge >= 0.3 is 0 Å². The van der Waals surface area contributed by atoms with E-state index in [1.54, 1.807) is 11.3 Å². The summed E-state index contributed by atoms with van der Waals surface area (Å²) in [4.78, 5) is 4.29. The summed E-state index contributed by atoms with van der Waals surface area (Å²) in [5.74, 6) is 0. The van der Waals surface area contributed by atoms with Gasteiger partial charge in [-0.25, -0.2) is 4.98 Å². The first-order valence-corrected chi connectivity index (χ1v) is 7.16. The molecule has 3 heterocycles. The Labute approximate surface area is 111 Å². The molecule has 0 radical (unpaired) electrons. The van der Waals surface area contributed by atoms with E-state index in [-0.39, 0.29) is 6.10 Å². The molecule has 2 aromatic rings. The fourth-order valence-electron chi connectivity index (χ4n) is 2.32. The summed E-state index contributed by atoms with van der Waals surface area (Å²) in [7, 11) is 0. The van der Waals surface area contributed by atoms with E-state index in [1.165, 1.54) is 5.56 Å². The van der Waals surface area contributed by atoms with Gasteiger partial charge in [0.25, 0.3) is 0 Å². The number of nitrogens with zero attached hydrogens (tertiary/aromatic N) is 2. The second kappa shape index (κ2) is 5.22. The Morgan fingerprint density at radius 1 is 1.61 bits per heavy atom. The number of thiophene rings is 1. The number of rotatable bonds is 3. The highest BCUT2D eigenvalue weighted by Gasteiger charge is 2.22. The molecule has 96 valence electrons. The van der Waals surface area contributed by atoms with Crippen LogP contribution in [0.2, 0.25) is 0 Å². The summed E-state index contributed by atoms with van der Waals surface area (Å²) in [6.07, 6.45) is 3.93. The molecule has 1 fully saturated rings. The molecule has 4 nitrogen and oxygen atoms in total. The van der Waals surface area contributed by atoms with Crippen molar-refractivity contribution < 1.29 is 4.74 Å². The van der Waals surface area contributed by atoms with Crippen molar-refractivity contribution in [3.05, 3.63) is 40.6 Å². The quantitative estimate of drug-likeness (QED) is 0.923. The lowest BCUT2D eigenvalue weighted by Gasteiger charge is -2.26. The zero-order valence-electron chi connectivity index (χ0n) is 10.4. The third-order valence-corrected chi connectivity index (χ3v) is 4.10. The molecular formula is C13H17N3OS. The number of imidazole rings is 1. The zero-order chi connectivity index (χ0) is 12.4. The number of ether oxygens (including phenoxy) is 1. The van der Waals surface area contributed by atoms with Crippen LogP contribution in [0.15, 0.2) is 29.4 Å². The topological polar surface area (TPSA) is 39.1 Å². The second-order valence-electron chi connectivity index (χ2n) is 4.52. The molecule has 1 aliphatic heterocycles. The van der Waals surface area contributed by atoms with Crippen LogP contribution in [0.5, 0.6) is 0 Å². The number of nitrogens with one attached hydrogen (secondary N) is 1. The zero-order valence-corrected chi connectivity index (χ0v) is 11.2. The van der Waals surface area contributed by atoms with E-state index in [0.29, 0.717) is 6.04 Å². The average molecular weight is 263 g/mol. The molecule has 5 heteroatoms. The lowest BCUT2D eigenvalue weighted by Crippen LogP contribution is -2.34. The van der Waals surface area contributed by atoms with Crippen LogP contribution in [0.25, 0.3) is 0 Å². The molecule has 0 spiro atoms. The number of hydrogen-bond acceptors (Lipinski definition) is 4. The van der Waals surface area contributed by atoms with Gasteiger partial charge in [0.2, 0.25) is 0 Å². The van der Waals surface area contributed by atoms with E-state index < -0.39 is 0 Å². The van der Waals surface area contributed by atoms with Gasteiger partial charge < -0.3 is 14.6 Å². The van der Waals surface area contributed by atoms with E-state index in [4.69, 9.17) is 4.74 Å². The molecule has 2 unspecified atom stereocenters. The van der Waals surface area contributed by atoms with Crippen LogP contribution in [-0.4, -0.2) is 29.2 Å². The highest BCUT2D eigenvalue weighted by Crippen LogP contribution is 2.26. The molecule has 0 aromatic carbocycles. The van der Waals surface area contributed by atoms with Crippen molar-refractivity contribution in [3.63, 3.8) is 0 Å². The first kappa shape index (κ1) is 11.9. The lowest BCUT2D eigenvalue weighted by molar-refractivity contribution is 0.0224. The molecule has 0 amide bonds. The van der Waals surface area contributed by atoms with Crippen molar-refractivity contribution in [2.75, 3.05) is 19.7 Å². The maximum Gasteiger partial charge on any atom is 0.111 e. The summed E-state index contributed by atoms with van der Waals surface area (Å²) in [6.45, 7) is 4.76. The van der Waals surface area contributed by atoms with Crippen LogP contribution in [-0.2, 0) is 4.74 Å². The molecule has 0 saturated carbocycles. The largest absolute Gasteiger partial charge is 0.369 e. The molecule has 1 aliphatic rings. The molecule has 3 rings (SSSR count). The first-order valence-electron chi connectivity index (χ1n) is 6.22. The molecule has 1 saturated heterocycles. The minimum absolute atomic E-state index is 0.113. The Morgan fingerprint density at radius 3 is 3.28 bits per heavy atom. The highest BCUT2D eigenvalue weighted by atomic mass is 32.1. The smallest absolute Gasteiger partial charge is 0.111 e. The molecule has 2 aromatic heterocycles. The number of morpholine rings is 1. The molecular weight excluding hydrogens is 246 g/mol. The summed E-state index contributed by atoms with van der Waals surface area (Å²) in [5.41, 5.74) is 2.48. The van der Waals surface area contributed by atoms with E-state index >= 15 is 0 Å². The van der Waals surface area contributed by atoms with E-state index in [9.17, 15) is 0 Å². The van der Waals surface area contributed by atoms with Gasteiger partial charge in [-0.3, -0.25) is 0 Å². The minimum Gasteiger partial charge on any atom is -0.369 e. The van der Waals surface area contributed by atoms with Crippen molar-refractivity contribution in [2.24, 2.45) is 0 Å². The fourth-order valence-corrected chi connectivity index (χ4v) is 3.06. The van der Waals surface area contributed by atoms with Crippen LogP contribution in [0.3, 0.4) is 0 Å². The van der Waals surface area contributed by atoms with Gasteiger partial charge in [0.05, 0.1) is 30.9 Å². The van der Waals surface area contributed by atoms with Gasteiger partial charge in [-0.2, -0.15) is 11.3 Å². The van der Waals surface area contributed by atoms with Crippen molar-refractivity contribution in [1.82, 2.24) is 14.9 Å². The minimum atomic E-state index is 0.113. The van der Waals surface area contributed by atoms with Crippen LogP contribution in [0.4, 0.5) is 0 Å². The highest BCUT2D eigenvalue weighted by molar-refractivity contribution is 7.07. The van der Waals surface area contributed by atoms with Crippen LogP contribution in [0.1, 0.15) is 30.3 Å². The van der Waals surface area contributed by atoms with Gasteiger partial charge in [-0.05, 0) is 29.3 Å². The molecule has 0 bridgehead atoms. The van der Waals surface area contributed by atoms with E-state index in [2.05, 4.69) is 38.6 Å². The molecule has 0 aliphatic carbocycles. The average Bonchev–Trinajstić information content (AvgIpc) is 3.10. The van der Waals surface area contributed by atoms with Gasteiger partial charge in [0.1, 0.15) is 6.10 Å². The third-order valence-electron chi connectivity index (χ3n) is 3.40. The Kier molecular flexibility index (Phi) is 3.45. The second-order valence-corrected chi connectivity index (χ2v) is 5.30. The standard InChI is InChI=1S/C13H17N3OS/c1-10(11-2-5-18-8-11)16-9-15-6-12(16)13-7-14-3-4-17-13/h2,5-6,8-10,13-14H,3-4,7H2,1H3. The molecule has 2 atom stereocenters. The predicted octanol–water partition coefficient (Wildman–Crippen LogP) is 2.21. The number of aromatic nitrogens is 2. The molecule has 18 heavy (non-hydrogen) atoms. The summed E-state index contributed by atoms with van der Waals surface area (Å²) < 4.78 is 8.02. The number of hydrogen-bond donors (Lipinski definition) is 1.